The van der Waals surface area contributed by atoms with Crippen LogP contribution < -0.4 is 5.73 Å². The Morgan fingerprint density at radius 3 is 3.00 bits per heavy atom. The predicted octanol–water partition coefficient (Wildman–Crippen LogP) is 0.317. The summed E-state index contributed by atoms with van der Waals surface area (Å²) in [6, 6.07) is 5.63. The van der Waals surface area contributed by atoms with Crippen molar-refractivity contribution in [2.45, 2.75) is 13.2 Å². The minimum atomic E-state index is -0.829. The summed E-state index contributed by atoms with van der Waals surface area (Å²) in [6.45, 7) is 0.544. The molecule has 0 unspecified atom stereocenters. The Kier molecular flexibility index (Phi) is 3.29. The Morgan fingerprint density at radius 2 is 2.29 bits per heavy atom. The van der Waals surface area contributed by atoms with Crippen LogP contribution in [0.15, 0.2) is 30.6 Å². The SMILES string of the molecule is NC(=O)OCc1cn(Cc2ccccn2)nn1. The fraction of sp³-hybridized carbons (Fsp3) is 0.200. The number of hydrogen-bond donors (Lipinski definition) is 1. The van der Waals surface area contributed by atoms with Crippen molar-refractivity contribution in [2.75, 3.05) is 0 Å². The lowest BCUT2D eigenvalue weighted by atomic mass is 10.3. The van der Waals surface area contributed by atoms with E-state index in [1.807, 2.05) is 18.2 Å². The third kappa shape index (κ3) is 3.26. The van der Waals surface area contributed by atoms with Crippen molar-refractivity contribution in [2.24, 2.45) is 5.73 Å². The first kappa shape index (κ1) is 11.1. The van der Waals surface area contributed by atoms with Crippen molar-refractivity contribution in [1.82, 2.24) is 20.0 Å². The minimum absolute atomic E-state index is 0.0253. The molecule has 2 N–H and O–H groups in total. The average molecular weight is 233 g/mol. The van der Waals surface area contributed by atoms with Crippen LogP contribution >= 0.6 is 0 Å². The van der Waals surface area contributed by atoms with E-state index in [-0.39, 0.29) is 6.61 Å². The largest absolute Gasteiger partial charge is 0.443 e. The lowest BCUT2D eigenvalue weighted by molar-refractivity contribution is 0.149. The molecular weight excluding hydrogens is 222 g/mol. The fourth-order valence-electron chi connectivity index (χ4n) is 1.28. The molecule has 0 aliphatic carbocycles. The van der Waals surface area contributed by atoms with Gasteiger partial charge < -0.3 is 10.5 Å². The van der Waals surface area contributed by atoms with Crippen molar-refractivity contribution in [3.05, 3.63) is 42.0 Å². The van der Waals surface area contributed by atoms with Gasteiger partial charge in [-0.1, -0.05) is 11.3 Å². The number of hydrogen-bond acceptors (Lipinski definition) is 5. The Hall–Kier alpha value is -2.44. The van der Waals surface area contributed by atoms with E-state index in [9.17, 15) is 4.79 Å². The van der Waals surface area contributed by atoms with Crippen LogP contribution in [0.4, 0.5) is 4.79 Å². The fourth-order valence-corrected chi connectivity index (χ4v) is 1.28. The van der Waals surface area contributed by atoms with Crippen LogP contribution in [-0.4, -0.2) is 26.1 Å². The lowest BCUT2D eigenvalue weighted by Gasteiger charge is -1.98. The highest BCUT2D eigenvalue weighted by Gasteiger charge is 2.03. The molecule has 1 amide bonds. The molecule has 2 heterocycles. The summed E-state index contributed by atoms with van der Waals surface area (Å²) in [5.74, 6) is 0. The molecular formula is C10H11N5O2. The monoisotopic (exact) mass is 233 g/mol. The molecule has 7 nitrogen and oxygen atoms in total. The summed E-state index contributed by atoms with van der Waals surface area (Å²) >= 11 is 0. The van der Waals surface area contributed by atoms with Gasteiger partial charge in [0.1, 0.15) is 12.3 Å². The first-order valence-electron chi connectivity index (χ1n) is 4.95. The normalized spacial score (nSPS) is 10.1. The van der Waals surface area contributed by atoms with E-state index in [0.717, 1.165) is 5.69 Å². The molecule has 88 valence electrons. The number of amides is 1. The number of nitrogens with two attached hydrogens (primary N) is 1. The van der Waals surface area contributed by atoms with Gasteiger partial charge in [-0.3, -0.25) is 4.98 Å². The Labute approximate surface area is 97.2 Å². The Balaban J connectivity index is 1.97. The maximum atomic E-state index is 10.4. The molecule has 0 aliphatic heterocycles. The van der Waals surface area contributed by atoms with Crippen molar-refractivity contribution in [1.29, 1.82) is 0 Å². The molecule has 2 aromatic heterocycles. The molecule has 0 aliphatic rings. The number of primary amides is 1. The van der Waals surface area contributed by atoms with E-state index >= 15 is 0 Å². The van der Waals surface area contributed by atoms with Crippen LogP contribution in [0.25, 0.3) is 0 Å². The number of carbonyl (C=O) groups excluding carboxylic acids is 1. The zero-order valence-corrected chi connectivity index (χ0v) is 8.98. The molecule has 0 saturated heterocycles. The second-order valence-electron chi connectivity index (χ2n) is 3.34. The topological polar surface area (TPSA) is 95.9 Å². The van der Waals surface area contributed by atoms with Gasteiger partial charge in [-0.25, -0.2) is 9.48 Å². The van der Waals surface area contributed by atoms with Gasteiger partial charge in [-0.05, 0) is 12.1 Å². The van der Waals surface area contributed by atoms with Gasteiger partial charge >= 0.3 is 6.09 Å². The molecule has 17 heavy (non-hydrogen) atoms. The first-order chi connectivity index (χ1) is 8.24. The summed E-state index contributed by atoms with van der Waals surface area (Å²) < 4.78 is 6.21. The molecule has 0 fully saturated rings. The van der Waals surface area contributed by atoms with Gasteiger partial charge in [0.05, 0.1) is 18.4 Å². The third-order valence-corrected chi connectivity index (χ3v) is 2.00. The van der Waals surface area contributed by atoms with Crippen LogP contribution in [0.1, 0.15) is 11.4 Å². The number of carbonyl (C=O) groups is 1. The number of pyridine rings is 1. The van der Waals surface area contributed by atoms with Crippen LogP contribution in [0.5, 0.6) is 0 Å². The van der Waals surface area contributed by atoms with E-state index in [2.05, 4.69) is 20.0 Å². The Bertz CT molecular complexity index is 496. The summed E-state index contributed by atoms with van der Waals surface area (Å²) in [5.41, 5.74) is 6.26. The third-order valence-electron chi connectivity index (χ3n) is 2.00. The molecule has 0 spiro atoms. The number of nitrogens with zero attached hydrogens (tertiary/aromatic N) is 4. The van der Waals surface area contributed by atoms with Crippen LogP contribution in [0.2, 0.25) is 0 Å². The van der Waals surface area contributed by atoms with E-state index in [4.69, 9.17) is 5.73 Å². The van der Waals surface area contributed by atoms with E-state index < -0.39 is 6.09 Å². The second-order valence-corrected chi connectivity index (χ2v) is 3.34. The highest BCUT2D eigenvalue weighted by molar-refractivity contribution is 5.64. The maximum Gasteiger partial charge on any atom is 0.404 e. The van der Waals surface area contributed by atoms with Gasteiger partial charge in [0.2, 0.25) is 0 Å². The van der Waals surface area contributed by atoms with Gasteiger partial charge in [0.15, 0.2) is 0 Å². The quantitative estimate of drug-likeness (QED) is 0.820. The smallest absolute Gasteiger partial charge is 0.404 e. The van der Waals surface area contributed by atoms with Crippen molar-refractivity contribution in [3.63, 3.8) is 0 Å². The zero-order chi connectivity index (χ0) is 12.1. The summed E-state index contributed by atoms with van der Waals surface area (Å²) in [7, 11) is 0. The second kappa shape index (κ2) is 5.06. The molecule has 7 heteroatoms. The van der Waals surface area contributed by atoms with Crippen LogP contribution in [0.3, 0.4) is 0 Å². The molecule has 0 aromatic carbocycles. The van der Waals surface area contributed by atoms with Crippen LogP contribution in [0, 0.1) is 0 Å². The molecule has 0 saturated carbocycles. The van der Waals surface area contributed by atoms with E-state index in [1.54, 1.807) is 17.1 Å². The molecule has 0 atom stereocenters. The van der Waals surface area contributed by atoms with E-state index in [0.29, 0.717) is 12.2 Å². The molecule has 0 radical (unpaired) electrons. The lowest BCUT2D eigenvalue weighted by Crippen LogP contribution is -2.12. The molecule has 2 rings (SSSR count). The predicted molar refractivity (Wildman–Crippen MR) is 57.7 cm³/mol. The zero-order valence-electron chi connectivity index (χ0n) is 8.98. The van der Waals surface area contributed by atoms with Gasteiger partial charge in [-0.15, -0.1) is 5.10 Å². The van der Waals surface area contributed by atoms with Crippen molar-refractivity contribution >= 4 is 6.09 Å². The van der Waals surface area contributed by atoms with Crippen molar-refractivity contribution in [3.8, 4) is 0 Å². The summed E-state index contributed by atoms with van der Waals surface area (Å²) in [5, 5.41) is 7.72. The van der Waals surface area contributed by atoms with Gasteiger partial charge in [0.25, 0.3) is 0 Å². The first-order valence-corrected chi connectivity index (χ1v) is 4.95. The summed E-state index contributed by atoms with van der Waals surface area (Å²) in [6.07, 6.45) is 2.56. The Morgan fingerprint density at radius 1 is 1.41 bits per heavy atom. The van der Waals surface area contributed by atoms with Crippen molar-refractivity contribution < 1.29 is 9.53 Å². The standard InChI is InChI=1S/C10H11N5O2/c11-10(16)17-7-9-6-15(14-13-9)5-8-3-1-2-4-12-8/h1-4,6H,5,7H2,(H2,11,16). The maximum absolute atomic E-state index is 10.4. The van der Waals surface area contributed by atoms with Gasteiger partial charge in [-0.2, -0.15) is 0 Å². The highest BCUT2D eigenvalue weighted by atomic mass is 16.5. The van der Waals surface area contributed by atoms with Crippen LogP contribution in [-0.2, 0) is 17.9 Å². The summed E-state index contributed by atoms with van der Waals surface area (Å²) in [4.78, 5) is 14.6. The number of rotatable bonds is 4. The number of aromatic nitrogens is 4. The number of ether oxygens (including phenoxy) is 1. The highest BCUT2D eigenvalue weighted by Crippen LogP contribution is 2.00. The average Bonchev–Trinajstić information content (AvgIpc) is 2.75. The molecule has 0 bridgehead atoms. The minimum Gasteiger partial charge on any atom is -0.443 e. The molecule has 2 aromatic rings. The van der Waals surface area contributed by atoms with E-state index in [1.165, 1.54) is 0 Å². The van der Waals surface area contributed by atoms with Gasteiger partial charge in [0, 0.05) is 6.20 Å².